The molecule has 1 aliphatic rings. The SMILES string of the molecule is CCCCCCc1ccsc1-c1cc(CCCCCC)c(-c2cc(CCCCCC)c(-c3ccc4c5ccc6c7c(ccc(c8cccc3c84)c75)C(=O)N(c3c(C(C)C)cccc3C(C)C)C6=O)s2)s1. The van der Waals surface area contributed by atoms with Gasteiger partial charge in [-0.25, -0.2) is 4.90 Å². The summed E-state index contributed by atoms with van der Waals surface area (Å²) in [7, 11) is 0. The third kappa shape index (κ3) is 8.74. The molecule has 4 heterocycles. The first-order valence-corrected chi connectivity index (χ1v) is 29.2. The summed E-state index contributed by atoms with van der Waals surface area (Å²) in [5, 5.41) is 11.1. The molecule has 0 unspecified atom stereocenters. The molecule has 0 saturated carbocycles. The molecule has 3 nitrogen and oxygen atoms in total. The Morgan fingerprint density at radius 3 is 1.49 bits per heavy atom. The minimum atomic E-state index is -0.240. The van der Waals surface area contributed by atoms with Crippen LogP contribution in [0.3, 0.4) is 0 Å². The number of imide groups is 1. The van der Waals surface area contributed by atoms with Gasteiger partial charge < -0.3 is 0 Å². The number of aryl methyl sites for hydroxylation is 3. The highest BCUT2D eigenvalue weighted by atomic mass is 32.1. The summed E-state index contributed by atoms with van der Waals surface area (Å²) in [4.78, 5) is 38.5. The van der Waals surface area contributed by atoms with Crippen molar-refractivity contribution in [2.24, 2.45) is 0 Å². The number of fused-ring (bicyclic) bond motifs is 2. The number of amides is 2. The highest BCUT2D eigenvalue weighted by molar-refractivity contribution is 7.27. The van der Waals surface area contributed by atoms with Gasteiger partial charge in [0, 0.05) is 40.9 Å². The van der Waals surface area contributed by atoms with Crippen molar-refractivity contribution in [3.8, 4) is 29.9 Å². The lowest BCUT2D eigenvalue weighted by Crippen LogP contribution is -2.41. The zero-order chi connectivity index (χ0) is 48.6. The Hall–Kier alpha value is -5.14. The Morgan fingerprint density at radius 2 is 0.914 bits per heavy atom. The van der Waals surface area contributed by atoms with Crippen LogP contribution in [0.15, 0.2) is 96.4 Å². The number of para-hydroxylation sites is 1. The average molecular weight is 980 g/mol. The zero-order valence-electron chi connectivity index (χ0n) is 42.5. The lowest BCUT2D eigenvalue weighted by Gasteiger charge is -2.32. The molecule has 3 aromatic heterocycles. The molecule has 0 saturated heterocycles. The maximum absolute atomic E-state index is 14.9. The van der Waals surface area contributed by atoms with Crippen molar-refractivity contribution in [3.05, 3.63) is 135 Å². The first-order valence-electron chi connectivity index (χ1n) is 26.7. The highest BCUT2D eigenvalue weighted by Crippen LogP contribution is 2.51. The number of anilines is 1. The summed E-state index contributed by atoms with van der Waals surface area (Å²) in [5.41, 5.74) is 9.78. The Morgan fingerprint density at radius 1 is 0.443 bits per heavy atom. The number of unbranched alkanes of at least 4 members (excludes halogenated alkanes) is 9. The number of nitrogens with zero attached hydrogens (tertiary/aromatic N) is 1. The second-order valence-corrected chi connectivity index (χ2v) is 23.7. The summed E-state index contributed by atoms with van der Waals surface area (Å²) >= 11 is 5.97. The van der Waals surface area contributed by atoms with E-state index in [9.17, 15) is 9.59 Å². The normalized spacial score (nSPS) is 13.1. The van der Waals surface area contributed by atoms with Crippen LogP contribution in [-0.4, -0.2) is 11.8 Å². The molecule has 0 spiro atoms. The van der Waals surface area contributed by atoms with Crippen molar-refractivity contribution < 1.29 is 9.59 Å². The fourth-order valence-electron chi connectivity index (χ4n) is 11.5. The number of benzene rings is 6. The first-order chi connectivity index (χ1) is 34.1. The van der Waals surface area contributed by atoms with E-state index in [4.69, 9.17) is 0 Å². The molecule has 0 bridgehead atoms. The van der Waals surface area contributed by atoms with E-state index >= 15 is 0 Å². The van der Waals surface area contributed by atoms with Crippen molar-refractivity contribution in [3.63, 3.8) is 0 Å². The molecule has 70 heavy (non-hydrogen) atoms. The van der Waals surface area contributed by atoms with E-state index in [1.807, 2.05) is 46.1 Å². The molecule has 0 radical (unpaired) electrons. The monoisotopic (exact) mass is 979 g/mol. The van der Waals surface area contributed by atoms with E-state index in [-0.39, 0.29) is 23.7 Å². The van der Waals surface area contributed by atoms with Gasteiger partial charge in [-0.1, -0.05) is 167 Å². The topological polar surface area (TPSA) is 37.4 Å². The number of hydrogen-bond donors (Lipinski definition) is 0. The molecule has 6 heteroatoms. The fraction of sp³-hybridized carbons (Fsp3) is 0.375. The van der Waals surface area contributed by atoms with Gasteiger partial charge in [0.2, 0.25) is 0 Å². The third-order valence-electron chi connectivity index (χ3n) is 15.2. The zero-order valence-corrected chi connectivity index (χ0v) is 44.9. The number of thiophene rings is 3. The highest BCUT2D eigenvalue weighted by Gasteiger charge is 2.38. The van der Waals surface area contributed by atoms with Crippen LogP contribution in [0.2, 0.25) is 0 Å². The number of rotatable bonds is 21. The summed E-state index contributed by atoms with van der Waals surface area (Å²) < 4.78 is 0. The number of carbonyl (C=O) groups is 2. The lowest BCUT2D eigenvalue weighted by molar-refractivity contribution is 0.0893. The largest absolute Gasteiger partial charge is 0.268 e. The van der Waals surface area contributed by atoms with Gasteiger partial charge in [-0.3, -0.25) is 9.59 Å². The van der Waals surface area contributed by atoms with Crippen LogP contribution in [0.5, 0.6) is 0 Å². The van der Waals surface area contributed by atoms with Crippen molar-refractivity contribution in [1.29, 1.82) is 0 Å². The summed E-state index contributed by atoms with van der Waals surface area (Å²) in [6.45, 7) is 15.5. The number of carbonyl (C=O) groups excluding carboxylic acids is 2. The molecule has 2 amide bonds. The molecule has 0 aliphatic carbocycles. The van der Waals surface area contributed by atoms with E-state index in [1.54, 1.807) is 0 Å². The van der Waals surface area contributed by atoms with Crippen LogP contribution >= 0.6 is 34.0 Å². The van der Waals surface area contributed by atoms with Gasteiger partial charge in [0.05, 0.1) is 5.69 Å². The molecule has 0 N–H and O–H groups in total. The molecule has 360 valence electrons. The van der Waals surface area contributed by atoms with Gasteiger partial charge in [-0.2, -0.15) is 0 Å². The smallest absolute Gasteiger partial charge is 0.266 e. The Balaban J connectivity index is 1.10. The predicted octanol–water partition coefficient (Wildman–Crippen LogP) is 20.3. The second kappa shape index (κ2) is 20.9. The van der Waals surface area contributed by atoms with Crippen LogP contribution in [-0.2, 0) is 19.3 Å². The number of hydrogen-bond acceptors (Lipinski definition) is 5. The maximum atomic E-state index is 14.9. The third-order valence-corrected chi connectivity index (χ3v) is 18.9. The van der Waals surface area contributed by atoms with Crippen LogP contribution in [0.25, 0.3) is 73.0 Å². The van der Waals surface area contributed by atoms with Crippen molar-refractivity contribution >= 4 is 94.6 Å². The summed E-state index contributed by atoms with van der Waals surface area (Å²) in [5.74, 6) is -0.199. The molecule has 0 atom stereocenters. The Bertz CT molecular complexity index is 3260. The van der Waals surface area contributed by atoms with Crippen LogP contribution in [0, 0.1) is 0 Å². The molecule has 10 rings (SSSR count). The lowest BCUT2D eigenvalue weighted by atomic mass is 9.83. The van der Waals surface area contributed by atoms with Gasteiger partial charge in [-0.15, -0.1) is 34.0 Å². The molecule has 1 aliphatic heterocycles. The Labute approximate surface area is 428 Å². The van der Waals surface area contributed by atoms with Crippen LogP contribution in [0.1, 0.15) is 186 Å². The fourth-order valence-corrected chi connectivity index (χ4v) is 15.2. The minimum absolute atomic E-state index is 0.141. The van der Waals surface area contributed by atoms with Gasteiger partial charge in [0.15, 0.2) is 0 Å². The van der Waals surface area contributed by atoms with E-state index < -0.39 is 0 Å². The van der Waals surface area contributed by atoms with Crippen LogP contribution < -0.4 is 4.90 Å². The Kier molecular flexibility index (Phi) is 14.5. The molecular weight excluding hydrogens is 911 g/mol. The van der Waals surface area contributed by atoms with Gasteiger partial charge in [0.1, 0.15) is 0 Å². The quantitative estimate of drug-likeness (QED) is 0.0311. The van der Waals surface area contributed by atoms with Gasteiger partial charge in [-0.05, 0) is 157 Å². The van der Waals surface area contributed by atoms with Crippen LogP contribution in [0.4, 0.5) is 5.69 Å². The van der Waals surface area contributed by atoms with Gasteiger partial charge >= 0.3 is 0 Å². The van der Waals surface area contributed by atoms with E-state index in [0.29, 0.717) is 11.1 Å². The molecule has 6 aromatic carbocycles. The maximum Gasteiger partial charge on any atom is 0.266 e. The summed E-state index contributed by atoms with van der Waals surface area (Å²) in [6, 6.07) is 33.5. The van der Waals surface area contributed by atoms with E-state index in [0.717, 1.165) is 57.6 Å². The first kappa shape index (κ1) is 48.5. The standard InChI is InChI=1S/C64H69NO2S3/c1-8-11-14-17-22-41-35-36-68-61(41)54-38-43(24-19-16-13-10-3)62(70-54)55-37-42(23-18-15-12-9-2)60(69-55)51-32-29-48-50-31-34-53-58-52(33-30-49(57(50)58)46-27-21-28-47(51)56(46)48)63(66)65(64(53)67)59-44(39(4)5)25-20-26-45(59)40(6)7/h20-21,25-40H,8-19,22-24H2,1-7H3. The minimum Gasteiger partial charge on any atom is -0.268 e. The molecule has 9 aromatic rings. The molecule has 0 fully saturated rings. The summed E-state index contributed by atoms with van der Waals surface area (Å²) in [6.07, 6.45) is 18.5. The second-order valence-electron chi connectivity index (χ2n) is 20.6. The van der Waals surface area contributed by atoms with E-state index in [1.165, 1.54) is 150 Å². The van der Waals surface area contributed by atoms with Gasteiger partial charge in [0.25, 0.3) is 11.8 Å². The predicted molar refractivity (Wildman–Crippen MR) is 307 cm³/mol. The molecular formula is C64H69NO2S3. The average Bonchev–Trinajstić information content (AvgIpc) is 4.13. The van der Waals surface area contributed by atoms with Crippen molar-refractivity contribution in [2.45, 2.75) is 157 Å². The van der Waals surface area contributed by atoms with Crippen molar-refractivity contribution in [1.82, 2.24) is 0 Å². The van der Waals surface area contributed by atoms with Crippen molar-refractivity contribution in [2.75, 3.05) is 4.90 Å². The van der Waals surface area contributed by atoms with E-state index in [2.05, 4.69) is 133 Å².